The first-order valence-electron chi connectivity index (χ1n) is 10.1. The first-order chi connectivity index (χ1) is 13.3. The first kappa shape index (κ1) is 16.7. The summed E-state index contributed by atoms with van der Waals surface area (Å²) in [6.45, 7) is 3.81. The molecule has 1 aliphatic carbocycles. The number of carbonyl (C=O) groups excluding carboxylic acids is 1. The minimum atomic E-state index is 0.304. The fourth-order valence-electron chi connectivity index (χ4n) is 4.57. The van der Waals surface area contributed by atoms with Gasteiger partial charge in [0.25, 0.3) is 0 Å². The normalized spacial score (nSPS) is 24.3. The molecule has 1 aromatic heterocycles. The maximum absolute atomic E-state index is 12.6. The monoisotopic (exact) mass is 362 g/mol. The molecule has 5 nitrogen and oxygen atoms in total. The topological polar surface area (TPSA) is 49.3 Å². The largest absolute Gasteiger partial charge is 0.356 e. The number of benzene rings is 1. The van der Waals surface area contributed by atoms with Crippen LogP contribution in [0.1, 0.15) is 36.4 Å². The van der Waals surface area contributed by atoms with Crippen LogP contribution in [-0.4, -0.2) is 47.0 Å². The zero-order chi connectivity index (χ0) is 18.2. The van der Waals surface area contributed by atoms with E-state index in [1.807, 2.05) is 18.2 Å². The minimum absolute atomic E-state index is 0.304. The Morgan fingerprint density at radius 3 is 2.44 bits per heavy atom. The van der Waals surface area contributed by atoms with E-state index < -0.39 is 0 Å². The van der Waals surface area contributed by atoms with Gasteiger partial charge in [0.2, 0.25) is 5.91 Å². The highest BCUT2D eigenvalue weighted by Crippen LogP contribution is 2.40. The van der Waals surface area contributed by atoms with Crippen molar-refractivity contribution in [3.63, 3.8) is 0 Å². The van der Waals surface area contributed by atoms with Crippen molar-refractivity contribution in [2.75, 3.05) is 31.1 Å². The van der Waals surface area contributed by atoms with Crippen LogP contribution < -0.4 is 4.90 Å². The molecule has 2 aliphatic heterocycles. The number of rotatable bonds is 5. The summed E-state index contributed by atoms with van der Waals surface area (Å²) in [7, 11) is 0. The Kier molecular flexibility index (Phi) is 4.30. The summed E-state index contributed by atoms with van der Waals surface area (Å²) in [6, 6.07) is 12.5. The smallest absolute Gasteiger partial charge is 0.222 e. The van der Waals surface area contributed by atoms with Crippen LogP contribution in [0.4, 0.5) is 5.82 Å². The van der Waals surface area contributed by atoms with Crippen molar-refractivity contribution in [2.24, 2.45) is 11.8 Å². The van der Waals surface area contributed by atoms with Gasteiger partial charge in [-0.2, -0.15) is 0 Å². The summed E-state index contributed by atoms with van der Waals surface area (Å²) in [6.07, 6.45) is 5.70. The molecular formula is C22H26N4O. The zero-order valence-corrected chi connectivity index (χ0v) is 15.6. The van der Waals surface area contributed by atoms with Crippen molar-refractivity contribution in [2.45, 2.75) is 31.6 Å². The van der Waals surface area contributed by atoms with Crippen molar-refractivity contribution >= 4 is 11.7 Å². The van der Waals surface area contributed by atoms with Gasteiger partial charge in [0, 0.05) is 62.1 Å². The van der Waals surface area contributed by atoms with Crippen molar-refractivity contribution in [1.29, 1.82) is 0 Å². The number of aromatic nitrogens is 2. The van der Waals surface area contributed by atoms with Gasteiger partial charge in [0.15, 0.2) is 0 Å². The van der Waals surface area contributed by atoms with Gasteiger partial charge in [0.1, 0.15) is 12.1 Å². The van der Waals surface area contributed by atoms with Crippen molar-refractivity contribution in [1.82, 2.24) is 14.9 Å². The third kappa shape index (κ3) is 3.55. The van der Waals surface area contributed by atoms with E-state index in [1.54, 1.807) is 6.33 Å². The molecule has 0 bridgehead atoms. The molecule has 2 aromatic rings. The number of anilines is 1. The summed E-state index contributed by atoms with van der Waals surface area (Å²) < 4.78 is 0. The number of aryl methyl sites for hydroxylation is 1. The van der Waals surface area contributed by atoms with Crippen LogP contribution in [0, 0.1) is 11.8 Å². The zero-order valence-electron chi connectivity index (χ0n) is 15.6. The van der Waals surface area contributed by atoms with E-state index in [0.717, 1.165) is 38.4 Å². The van der Waals surface area contributed by atoms with Crippen LogP contribution >= 0.6 is 0 Å². The van der Waals surface area contributed by atoms with Crippen LogP contribution in [-0.2, 0) is 11.2 Å². The van der Waals surface area contributed by atoms with Gasteiger partial charge >= 0.3 is 0 Å². The molecule has 5 rings (SSSR count). The third-order valence-electron chi connectivity index (χ3n) is 6.30. The lowest BCUT2D eigenvalue weighted by Crippen LogP contribution is -2.33. The number of amides is 1. The van der Waals surface area contributed by atoms with Gasteiger partial charge in [-0.1, -0.05) is 30.3 Å². The Morgan fingerprint density at radius 1 is 1.00 bits per heavy atom. The second kappa shape index (κ2) is 6.95. The molecule has 3 heterocycles. The number of likely N-dealkylation sites (tertiary alicyclic amines) is 1. The molecule has 0 spiro atoms. The molecule has 140 valence electrons. The molecule has 0 radical (unpaired) electrons. The van der Waals surface area contributed by atoms with Crippen molar-refractivity contribution < 1.29 is 4.79 Å². The third-order valence-corrected chi connectivity index (χ3v) is 6.30. The summed E-state index contributed by atoms with van der Waals surface area (Å²) in [5.41, 5.74) is 2.45. The Morgan fingerprint density at radius 2 is 1.74 bits per heavy atom. The molecule has 0 N–H and O–H groups in total. The highest BCUT2D eigenvalue weighted by molar-refractivity contribution is 5.77. The fraction of sp³-hybridized carbons (Fsp3) is 0.500. The highest BCUT2D eigenvalue weighted by atomic mass is 16.2. The average molecular weight is 362 g/mol. The summed E-state index contributed by atoms with van der Waals surface area (Å²) in [4.78, 5) is 26.1. The standard InChI is InChI=1S/C22H26N4O/c27-22(9-6-16-4-2-1-3-5-16)26-13-18-11-25(12-19(18)14-26)21-10-20(17-7-8-17)23-15-24-21/h1-5,10,15,17-19H,6-9,11-14H2. The Balaban J connectivity index is 1.16. The maximum Gasteiger partial charge on any atom is 0.222 e. The summed E-state index contributed by atoms with van der Waals surface area (Å²) in [5.74, 6) is 3.18. The number of nitrogens with zero attached hydrogens (tertiary/aromatic N) is 4. The average Bonchev–Trinajstić information content (AvgIpc) is 3.37. The number of hydrogen-bond donors (Lipinski definition) is 0. The molecule has 2 unspecified atom stereocenters. The van der Waals surface area contributed by atoms with Gasteiger partial charge in [0.05, 0.1) is 0 Å². The highest BCUT2D eigenvalue weighted by Gasteiger charge is 2.42. The minimum Gasteiger partial charge on any atom is -0.356 e. The van der Waals surface area contributed by atoms with E-state index >= 15 is 0 Å². The second-order valence-electron chi connectivity index (χ2n) is 8.28. The Labute approximate surface area is 160 Å². The van der Waals surface area contributed by atoms with E-state index in [1.165, 1.54) is 24.1 Å². The lowest BCUT2D eigenvalue weighted by Gasteiger charge is -2.22. The maximum atomic E-state index is 12.6. The van der Waals surface area contributed by atoms with Crippen LogP contribution in [0.5, 0.6) is 0 Å². The van der Waals surface area contributed by atoms with Crippen LogP contribution in [0.3, 0.4) is 0 Å². The van der Waals surface area contributed by atoms with Gasteiger partial charge in [-0.3, -0.25) is 4.79 Å². The molecular weight excluding hydrogens is 336 g/mol. The van der Waals surface area contributed by atoms with Crippen LogP contribution in [0.25, 0.3) is 0 Å². The van der Waals surface area contributed by atoms with E-state index in [2.05, 4.69) is 38.0 Å². The first-order valence-corrected chi connectivity index (χ1v) is 10.1. The number of fused-ring (bicyclic) bond motifs is 1. The van der Waals surface area contributed by atoms with E-state index in [4.69, 9.17) is 0 Å². The van der Waals surface area contributed by atoms with Crippen LogP contribution in [0.2, 0.25) is 0 Å². The lowest BCUT2D eigenvalue weighted by atomic mass is 10.0. The van der Waals surface area contributed by atoms with Crippen LogP contribution in [0.15, 0.2) is 42.7 Å². The molecule has 5 heteroatoms. The fourth-order valence-corrected chi connectivity index (χ4v) is 4.57. The molecule has 1 saturated carbocycles. The predicted molar refractivity (Wildman–Crippen MR) is 105 cm³/mol. The van der Waals surface area contributed by atoms with Gasteiger partial charge in [-0.15, -0.1) is 0 Å². The molecule has 3 fully saturated rings. The summed E-state index contributed by atoms with van der Waals surface area (Å²) >= 11 is 0. The molecule has 2 saturated heterocycles. The molecule has 1 amide bonds. The molecule has 1 aromatic carbocycles. The summed E-state index contributed by atoms with van der Waals surface area (Å²) in [5, 5.41) is 0. The van der Waals surface area contributed by atoms with E-state index in [-0.39, 0.29) is 0 Å². The second-order valence-corrected chi connectivity index (χ2v) is 8.28. The van der Waals surface area contributed by atoms with Gasteiger partial charge < -0.3 is 9.80 Å². The Hall–Kier alpha value is -2.43. The predicted octanol–water partition coefficient (Wildman–Crippen LogP) is 2.88. The SMILES string of the molecule is O=C(CCc1ccccc1)N1CC2CN(c3cc(C4CC4)ncn3)CC2C1. The van der Waals surface area contributed by atoms with E-state index in [0.29, 0.717) is 30.1 Å². The quantitative estimate of drug-likeness (QED) is 0.821. The number of hydrogen-bond acceptors (Lipinski definition) is 4. The molecule has 2 atom stereocenters. The van der Waals surface area contributed by atoms with Gasteiger partial charge in [-0.05, 0) is 24.8 Å². The van der Waals surface area contributed by atoms with Gasteiger partial charge in [-0.25, -0.2) is 9.97 Å². The van der Waals surface area contributed by atoms with E-state index in [9.17, 15) is 4.79 Å². The Bertz CT molecular complexity index is 806. The number of carbonyl (C=O) groups is 1. The lowest BCUT2D eigenvalue weighted by molar-refractivity contribution is -0.130. The molecule has 3 aliphatic rings. The van der Waals surface area contributed by atoms with Crippen molar-refractivity contribution in [3.8, 4) is 0 Å². The molecule has 27 heavy (non-hydrogen) atoms. The van der Waals surface area contributed by atoms with Crippen molar-refractivity contribution in [3.05, 3.63) is 54.0 Å².